The largest absolute Gasteiger partial charge is 0.374 e. The molecule has 1 aliphatic carbocycles. The van der Waals surface area contributed by atoms with Gasteiger partial charge in [0.1, 0.15) is 0 Å². The van der Waals surface area contributed by atoms with E-state index in [0.717, 1.165) is 12.8 Å². The molecule has 2 aliphatic rings. The fourth-order valence-corrected chi connectivity index (χ4v) is 3.93. The average Bonchev–Trinajstić information content (AvgIpc) is 2.48. The van der Waals surface area contributed by atoms with Gasteiger partial charge in [0.15, 0.2) is 5.60 Å². The maximum absolute atomic E-state index is 12.7. The lowest BCUT2D eigenvalue weighted by Crippen LogP contribution is -2.79. The zero-order chi connectivity index (χ0) is 14.4. The van der Waals surface area contributed by atoms with Crippen LogP contribution in [0.5, 0.6) is 0 Å². The van der Waals surface area contributed by atoms with E-state index in [-0.39, 0.29) is 5.91 Å². The highest BCUT2D eigenvalue weighted by atomic mass is 16.3. The minimum absolute atomic E-state index is 0.124. The molecule has 0 spiro atoms. The van der Waals surface area contributed by atoms with Crippen LogP contribution in [0.1, 0.15) is 51.5 Å². The van der Waals surface area contributed by atoms with E-state index in [1.54, 1.807) is 0 Å². The normalized spacial score (nSPS) is 30.1. The van der Waals surface area contributed by atoms with Gasteiger partial charge in [-0.05, 0) is 32.3 Å². The number of hydrogen-bond acceptors (Lipinski definition) is 2. The molecule has 1 heterocycles. The van der Waals surface area contributed by atoms with E-state index < -0.39 is 11.1 Å². The summed E-state index contributed by atoms with van der Waals surface area (Å²) < 4.78 is 0. The van der Waals surface area contributed by atoms with Crippen LogP contribution in [0.2, 0.25) is 0 Å². The molecule has 3 rings (SSSR count). The minimum Gasteiger partial charge on any atom is -0.374 e. The maximum Gasteiger partial charge on any atom is 0.262 e. The molecule has 0 bridgehead atoms. The number of carbonyl (C=O) groups excluding carboxylic acids is 1. The van der Waals surface area contributed by atoms with Crippen LogP contribution in [-0.2, 0) is 10.4 Å². The number of amides is 1. The topological polar surface area (TPSA) is 40.5 Å². The molecule has 0 aromatic heterocycles. The van der Waals surface area contributed by atoms with Crippen molar-refractivity contribution in [2.45, 2.75) is 63.1 Å². The van der Waals surface area contributed by atoms with E-state index >= 15 is 0 Å². The lowest BCUT2D eigenvalue weighted by Gasteiger charge is -2.62. The van der Waals surface area contributed by atoms with E-state index in [0.29, 0.717) is 11.6 Å². The number of nitrogens with zero attached hydrogens (tertiary/aromatic N) is 1. The molecule has 2 fully saturated rings. The number of benzene rings is 1. The monoisotopic (exact) mass is 273 g/mol. The van der Waals surface area contributed by atoms with Crippen LogP contribution >= 0.6 is 0 Å². The fraction of sp³-hybridized carbons (Fsp3) is 0.588. The van der Waals surface area contributed by atoms with Gasteiger partial charge < -0.3 is 10.0 Å². The van der Waals surface area contributed by atoms with E-state index in [1.165, 1.54) is 19.3 Å². The lowest BCUT2D eigenvalue weighted by molar-refractivity contribution is -0.224. The third kappa shape index (κ3) is 1.65. The van der Waals surface area contributed by atoms with Crippen LogP contribution in [0.4, 0.5) is 0 Å². The predicted octanol–water partition coefficient (Wildman–Crippen LogP) is 2.83. The highest BCUT2D eigenvalue weighted by Gasteiger charge is 2.67. The van der Waals surface area contributed by atoms with Gasteiger partial charge in [-0.25, -0.2) is 0 Å². The number of carbonyl (C=O) groups is 1. The van der Waals surface area contributed by atoms with Crippen LogP contribution in [0, 0.1) is 0 Å². The van der Waals surface area contributed by atoms with Gasteiger partial charge in [0, 0.05) is 6.04 Å². The minimum atomic E-state index is -1.37. The second-order valence-corrected chi connectivity index (χ2v) is 6.60. The van der Waals surface area contributed by atoms with Crippen molar-refractivity contribution in [1.82, 2.24) is 4.90 Å². The van der Waals surface area contributed by atoms with Gasteiger partial charge in [-0.3, -0.25) is 4.79 Å². The molecular weight excluding hydrogens is 250 g/mol. The molecule has 0 radical (unpaired) electrons. The Morgan fingerprint density at radius 1 is 1.10 bits per heavy atom. The van der Waals surface area contributed by atoms with Crippen molar-refractivity contribution in [2.75, 3.05) is 0 Å². The van der Waals surface area contributed by atoms with Gasteiger partial charge in [-0.2, -0.15) is 0 Å². The second kappa shape index (κ2) is 4.59. The first kappa shape index (κ1) is 13.6. The molecule has 1 aromatic rings. The third-order valence-electron chi connectivity index (χ3n) is 5.15. The summed E-state index contributed by atoms with van der Waals surface area (Å²) in [5.74, 6) is -0.124. The van der Waals surface area contributed by atoms with Crippen molar-refractivity contribution in [3.63, 3.8) is 0 Å². The first-order valence-electron chi connectivity index (χ1n) is 7.61. The van der Waals surface area contributed by atoms with E-state index in [9.17, 15) is 9.90 Å². The van der Waals surface area contributed by atoms with Gasteiger partial charge in [-0.15, -0.1) is 0 Å². The Morgan fingerprint density at radius 2 is 1.70 bits per heavy atom. The summed E-state index contributed by atoms with van der Waals surface area (Å²) in [7, 11) is 0. The molecule has 1 unspecified atom stereocenters. The molecular formula is C17H23NO2. The number of aliphatic hydroxyl groups is 1. The number of hydrogen-bond donors (Lipinski definition) is 1. The van der Waals surface area contributed by atoms with E-state index in [1.807, 2.05) is 49.1 Å². The molecule has 1 atom stereocenters. The van der Waals surface area contributed by atoms with Crippen LogP contribution in [0.25, 0.3) is 0 Å². The van der Waals surface area contributed by atoms with Crippen LogP contribution in [0.3, 0.4) is 0 Å². The Balaban J connectivity index is 1.91. The smallest absolute Gasteiger partial charge is 0.262 e. The summed E-state index contributed by atoms with van der Waals surface area (Å²) in [4.78, 5) is 14.6. The zero-order valence-electron chi connectivity index (χ0n) is 12.3. The Kier molecular flexibility index (Phi) is 3.13. The molecule has 1 saturated heterocycles. The highest BCUT2D eigenvalue weighted by Crippen LogP contribution is 2.50. The van der Waals surface area contributed by atoms with Crippen molar-refractivity contribution in [2.24, 2.45) is 0 Å². The van der Waals surface area contributed by atoms with Gasteiger partial charge in [0.05, 0.1) is 5.54 Å². The maximum atomic E-state index is 12.7. The molecule has 1 saturated carbocycles. The standard InChI is InChI=1S/C17H23NO2/c1-16(2)17(20,13-9-5-3-6-10-13)15(19)18(16)14-11-7-4-8-12-14/h3,5-6,9-10,14,20H,4,7-8,11-12H2,1-2H3. The average molecular weight is 273 g/mol. The first-order chi connectivity index (χ1) is 9.49. The predicted molar refractivity (Wildman–Crippen MR) is 78.1 cm³/mol. The van der Waals surface area contributed by atoms with Gasteiger partial charge >= 0.3 is 0 Å². The zero-order valence-corrected chi connectivity index (χ0v) is 12.3. The molecule has 20 heavy (non-hydrogen) atoms. The van der Waals surface area contributed by atoms with Gasteiger partial charge in [0.25, 0.3) is 5.91 Å². The van der Waals surface area contributed by atoms with Crippen LogP contribution < -0.4 is 0 Å². The summed E-state index contributed by atoms with van der Waals surface area (Å²) in [6.07, 6.45) is 5.78. The summed E-state index contributed by atoms with van der Waals surface area (Å²) in [6.45, 7) is 3.96. The summed E-state index contributed by atoms with van der Waals surface area (Å²) in [5.41, 5.74) is -1.19. The Morgan fingerprint density at radius 3 is 2.25 bits per heavy atom. The lowest BCUT2D eigenvalue weighted by atomic mass is 9.66. The van der Waals surface area contributed by atoms with Crippen molar-refractivity contribution in [3.8, 4) is 0 Å². The van der Waals surface area contributed by atoms with Gasteiger partial charge in [-0.1, -0.05) is 49.6 Å². The van der Waals surface area contributed by atoms with Crippen molar-refractivity contribution in [1.29, 1.82) is 0 Å². The fourth-order valence-electron chi connectivity index (χ4n) is 3.93. The Hall–Kier alpha value is -1.35. The molecule has 3 nitrogen and oxygen atoms in total. The Bertz CT molecular complexity index is 505. The van der Waals surface area contributed by atoms with E-state index in [2.05, 4.69) is 0 Å². The number of likely N-dealkylation sites (tertiary alicyclic amines) is 1. The van der Waals surface area contributed by atoms with Gasteiger partial charge in [0.2, 0.25) is 0 Å². The number of rotatable bonds is 2. The second-order valence-electron chi connectivity index (χ2n) is 6.60. The van der Waals surface area contributed by atoms with Crippen molar-refractivity contribution in [3.05, 3.63) is 35.9 Å². The molecule has 1 N–H and O–H groups in total. The summed E-state index contributed by atoms with van der Waals surface area (Å²) in [6, 6.07) is 9.65. The number of β-lactam (4-membered cyclic amide) rings is 1. The highest BCUT2D eigenvalue weighted by molar-refractivity contribution is 5.95. The van der Waals surface area contributed by atoms with Crippen LogP contribution in [-0.4, -0.2) is 27.5 Å². The molecule has 1 aliphatic heterocycles. The van der Waals surface area contributed by atoms with Crippen molar-refractivity contribution >= 4 is 5.91 Å². The molecule has 3 heteroatoms. The summed E-state index contributed by atoms with van der Waals surface area (Å²) >= 11 is 0. The van der Waals surface area contributed by atoms with Crippen molar-refractivity contribution < 1.29 is 9.90 Å². The molecule has 1 amide bonds. The third-order valence-corrected chi connectivity index (χ3v) is 5.15. The molecule has 108 valence electrons. The SMILES string of the molecule is CC1(C)N(C2CCCCC2)C(=O)C1(O)c1ccccc1. The van der Waals surface area contributed by atoms with E-state index in [4.69, 9.17) is 0 Å². The Labute approximate surface area is 120 Å². The molecule has 1 aromatic carbocycles. The van der Waals surface area contributed by atoms with Crippen LogP contribution in [0.15, 0.2) is 30.3 Å². The quantitative estimate of drug-likeness (QED) is 0.842. The summed E-state index contributed by atoms with van der Waals surface area (Å²) in [5, 5.41) is 11.0. The first-order valence-corrected chi connectivity index (χ1v) is 7.61.